The van der Waals surface area contributed by atoms with Crippen LogP contribution in [0.3, 0.4) is 0 Å². The van der Waals surface area contributed by atoms with Crippen molar-refractivity contribution in [2.24, 2.45) is 0 Å². The minimum atomic E-state index is -0.307. The van der Waals surface area contributed by atoms with Crippen molar-refractivity contribution in [1.82, 2.24) is 4.90 Å². The molecule has 7 nitrogen and oxygen atoms in total. The summed E-state index contributed by atoms with van der Waals surface area (Å²) in [7, 11) is 0. The summed E-state index contributed by atoms with van der Waals surface area (Å²) in [5.74, 6) is -0.307. The zero-order valence-electron chi connectivity index (χ0n) is 15.8. The van der Waals surface area contributed by atoms with Gasteiger partial charge in [-0.05, 0) is 43.4 Å². The van der Waals surface area contributed by atoms with Crippen molar-refractivity contribution >= 4 is 34.4 Å². The van der Waals surface area contributed by atoms with Crippen LogP contribution in [0.5, 0.6) is 0 Å². The number of hydrogen-bond acceptors (Lipinski definition) is 6. The van der Waals surface area contributed by atoms with Crippen LogP contribution in [0, 0.1) is 11.3 Å². The first-order valence-electron chi connectivity index (χ1n) is 9.65. The predicted octanol–water partition coefficient (Wildman–Crippen LogP) is 3.95. The van der Waals surface area contributed by atoms with E-state index in [1.165, 1.54) is 29.9 Å². The van der Waals surface area contributed by atoms with E-state index in [4.69, 9.17) is 9.15 Å². The second kappa shape index (κ2) is 8.53. The number of hydrogen-bond donors (Lipinski definition) is 1. The van der Waals surface area contributed by atoms with Gasteiger partial charge in [0, 0.05) is 36.0 Å². The van der Waals surface area contributed by atoms with E-state index >= 15 is 0 Å². The van der Waals surface area contributed by atoms with Gasteiger partial charge in [-0.25, -0.2) is 4.79 Å². The van der Waals surface area contributed by atoms with Crippen molar-refractivity contribution in [3.05, 3.63) is 46.2 Å². The number of rotatable bonds is 4. The van der Waals surface area contributed by atoms with Crippen molar-refractivity contribution in [3.8, 4) is 6.07 Å². The third kappa shape index (κ3) is 4.35. The number of amides is 2. The Bertz CT molecular complexity index is 965. The minimum Gasteiger partial charge on any atom is -0.472 e. The first-order valence-corrected chi connectivity index (χ1v) is 10.5. The van der Waals surface area contributed by atoms with Crippen molar-refractivity contribution in [3.63, 3.8) is 0 Å². The number of nitriles is 1. The molecule has 1 N–H and O–H groups in total. The van der Waals surface area contributed by atoms with Crippen LogP contribution in [0.2, 0.25) is 0 Å². The van der Waals surface area contributed by atoms with Gasteiger partial charge < -0.3 is 19.4 Å². The standard InChI is InChI=1S/C21H21N3O4S/c22-12-17-16-5-4-15(28-21(26)24-8-1-2-9-24)11-18(16)29-20(17)23-19(25)6-3-14-7-10-27-13-14/h3,6-7,10,13,15H,1-2,4-5,8-9,11H2,(H,23,25)/b6-3+. The smallest absolute Gasteiger partial charge is 0.410 e. The Balaban J connectivity index is 1.42. The fourth-order valence-electron chi connectivity index (χ4n) is 3.67. The highest BCUT2D eigenvalue weighted by molar-refractivity contribution is 7.16. The Morgan fingerprint density at radius 1 is 1.38 bits per heavy atom. The maximum absolute atomic E-state index is 12.3. The number of carbonyl (C=O) groups is 2. The molecule has 150 valence electrons. The van der Waals surface area contributed by atoms with Crippen LogP contribution in [-0.4, -0.2) is 36.1 Å². The molecule has 0 bridgehead atoms. The SMILES string of the molecule is N#Cc1c(NC(=O)/C=C/c2ccoc2)sc2c1CCC(OC(=O)N1CCCC1)C2. The average Bonchev–Trinajstić information content (AvgIpc) is 3.46. The molecule has 0 spiro atoms. The van der Waals surface area contributed by atoms with E-state index in [0.29, 0.717) is 29.8 Å². The summed E-state index contributed by atoms with van der Waals surface area (Å²) in [4.78, 5) is 27.2. The molecule has 1 fully saturated rings. The minimum absolute atomic E-state index is 0.190. The fourth-order valence-corrected chi connectivity index (χ4v) is 4.94. The van der Waals surface area contributed by atoms with Crippen LogP contribution in [0.4, 0.5) is 9.80 Å². The van der Waals surface area contributed by atoms with E-state index in [1.807, 2.05) is 0 Å². The molecule has 0 saturated carbocycles. The highest BCUT2D eigenvalue weighted by Crippen LogP contribution is 2.38. The van der Waals surface area contributed by atoms with Crippen molar-refractivity contribution < 1.29 is 18.7 Å². The molecule has 1 aliphatic carbocycles. The zero-order chi connectivity index (χ0) is 20.2. The van der Waals surface area contributed by atoms with E-state index in [1.54, 1.807) is 17.0 Å². The van der Waals surface area contributed by atoms with Crippen molar-refractivity contribution in [2.75, 3.05) is 18.4 Å². The molecule has 4 rings (SSSR count). The number of thiophene rings is 1. The van der Waals surface area contributed by atoms with Gasteiger partial charge in [-0.15, -0.1) is 11.3 Å². The van der Waals surface area contributed by atoms with Crippen LogP contribution < -0.4 is 5.32 Å². The molecular weight excluding hydrogens is 390 g/mol. The molecule has 1 atom stereocenters. The van der Waals surface area contributed by atoms with E-state index in [9.17, 15) is 14.9 Å². The molecule has 1 saturated heterocycles. The van der Waals surface area contributed by atoms with Gasteiger partial charge in [0.05, 0.1) is 18.1 Å². The van der Waals surface area contributed by atoms with Crippen molar-refractivity contribution in [1.29, 1.82) is 5.26 Å². The first-order chi connectivity index (χ1) is 14.1. The first kappa shape index (κ1) is 19.3. The maximum Gasteiger partial charge on any atom is 0.410 e. The van der Waals surface area contributed by atoms with Crippen LogP contribution in [0.15, 0.2) is 29.1 Å². The molecule has 2 aromatic rings. The largest absolute Gasteiger partial charge is 0.472 e. The lowest BCUT2D eigenvalue weighted by Gasteiger charge is -2.25. The predicted molar refractivity (Wildman–Crippen MR) is 109 cm³/mol. The fraction of sp³-hybridized carbons (Fsp3) is 0.381. The van der Waals surface area contributed by atoms with Gasteiger partial charge in [-0.2, -0.15) is 5.26 Å². The lowest BCUT2D eigenvalue weighted by molar-refractivity contribution is -0.111. The number of fused-ring (bicyclic) bond motifs is 1. The molecule has 29 heavy (non-hydrogen) atoms. The summed E-state index contributed by atoms with van der Waals surface area (Å²) in [5, 5.41) is 12.9. The summed E-state index contributed by atoms with van der Waals surface area (Å²) in [5.41, 5.74) is 2.26. The van der Waals surface area contributed by atoms with Gasteiger partial charge in [0.25, 0.3) is 0 Å². The maximum atomic E-state index is 12.3. The molecule has 0 radical (unpaired) electrons. The average molecular weight is 411 g/mol. The normalized spacial score (nSPS) is 18.4. The molecule has 1 aliphatic heterocycles. The second-order valence-electron chi connectivity index (χ2n) is 7.14. The lowest BCUT2D eigenvalue weighted by Crippen LogP contribution is -2.34. The molecule has 8 heteroatoms. The number of furan rings is 1. The van der Waals surface area contributed by atoms with E-state index in [0.717, 1.165) is 41.9 Å². The molecule has 0 aromatic carbocycles. The Labute approximate surface area is 172 Å². The van der Waals surface area contributed by atoms with Gasteiger partial charge in [-0.1, -0.05) is 0 Å². The topological polar surface area (TPSA) is 95.6 Å². The number of anilines is 1. The van der Waals surface area contributed by atoms with E-state index in [-0.39, 0.29) is 18.1 Å². The van der Waals surface area contributed by atoms with Crippen LogP contribution in [-0.2, 0) is 22.4 Å². The van der Waals surface area contributed by atoms with Gasteiger partial charge in [0.15, 0.2) is 0 Å². The number of likely N-dealkylation sites (tertiary alicyclic amines) is 1. The van der Waals surface area contributed by atoms with E-state index in [2.05, 4.69) is 11.4 Å². The summed E-state index contributed by atoms with van der Waals surface area (Å²) in [6.07, 6.45) is 9.67. The Kier molecular flexibility index (Phi) is 5.67. The molecular formula is C21H21N3O4S. The van der Waals surface area contributed by atoms with Gasteiger partial charge in [0.1, 0.15) is 17.2 Å². The molecule has 3 heterocycles. The third-order valence-electron chi connectivity index (χ3n) is 5.17. The highest BCUT2D eigenvalue weighted by atomic mass is 32.1. The third-order valence-corrected chi connectivity index (χ3v) is 6.34. The Hall–Kier alpha value is -3.05. The Morgan fingerprint density at radius 3 is 2.93 bits per heavy atom. The highest BCUT2D eigenvalue weighted by Gasteiger charge is 2.30. The van der Waals surface area contributed by atoms with Gasteiger partial charge >= 0.3 is 6.09 Å². The number of nitrogens with one attached hydrogen (secondary N) is 1. The monoisotopic (exact) mass is 411 g/mol. The van der Waals surface area contributed by atoms with Gasteiger partial charge in [0.2, 0.25) is 5.91 Å². The quantitative estimate of drug-likeness (QED) is 0.769. The number of ether oxygens (including phenoxy) is 1. The molecule has 1 unspecified atom stereocenters. The summed E-state index contributed by atoms with van der Waals surface area (Å²) in [6.45, 7) is 1.52. The van der Waals surface area contributed by atoms with Crippen LogP contribution >= 0.6 is 11.3 Å². The van der Waals surface area contributed by atoms with Crippen molar-refractivity contribution in [2.45, 2.75) is 38.2 Å². The van der Waals surface area contributed by atoms with Crippen LogP contribution in [0.25, 0.3) is 6.08 Å². The number of nitrogens with zero attached hydrogens (tertiary/aromatic N) is 2. The number of carbonyl (C=O) groups excluding carboxylic acids is 2. The summed E-state index contributed by atoms with van der Waals surface area (Å²) < 4.78 is 10.6. The lowest BCUT2D eigenvalue weighted by atomic mass is 9.94. The van der Waals surface area contributed by atoms with Crippen LogP contribution in [0.1, 0.15) is 40.8 Å². The molecule has 2 aliphatic rings. The zero-order valence-corrected chi connectivity index (χ0v) is 16.7. The molecule has 2 aromatic heterocycles. The van der Waals surface area contributed by atoms with Gasteiger partial charge in [-0.3, -0.25) is 4.79 Å². The summed E-state index contributed by atoms with van der Waals surface area (Å²) >= 11 is 1.39. The molecule has 2 amide bonds. The second-order valence-corrected chi connectivity index (χ2v) is 8.25. The van der Waals surface area contributed by atoms with E-state index < -0.39 is 0 Å². The Morgan fingerprint density at radius 2 is 2.21 bits per heavy atom. The summed E-state index contributed by atoms with van der Waals surface area (Å²) in [6, 6.07) is 3.97.